The second kappa shape index (κ2) is 15.7. The van der Waals surface area contributed by atoms with Crippen molar-refractivity contribution in [2.75, 3.05) is 33.2 Å². The van der Waals surface area contributed by atoms with Gasteiger partial charge in [-0.2, -0.15) is 12.7 Å². The Morgan fingerprint density at radius 2 is 1.48 bits per heavy atom. The van der Waals surface area contributed by atoms with Crippen LogP contribution in [0, 0.1) is 44.8 Å². The van der Waals surface area contributed by atoms with Crippen molar-refractivity contribution < 1.29 is 32.4 Å². The third kappa shape index (κ3) is 7.32. The van der Waals surface area contributed by atoms with Gasteiger partial charge in [0.1, 0.15) is 0 Å². The molecule has 58 heavy (non-hydrogen) atoms. The standard InChI is InChI=1S/C45H71N5O7S/c1-8-31-26-43(31,40(55)47-58(56,57)49-23-14-15-24-49)28-36(52)34-27-45(42(5,6)44(45)20-16-21-44)29-50(34)39(54)32(41(2,3)4)25-35(51)37(30-17-10-9-11-18-30)46-38(53)33-19-12-13-22-48(33)7/h8,30-34,37H,1,9-29H2,2-7H3,(H,46,53)(H,47,55)/t31-,32-,33-,34+,37+,43-,45-/m1/s1. The Kier molecular flexibility index (Phi) is 11.7. The van der Waals surface area contributed by atoms with Gasteiger partial charge in [-0.25, -0.2) is 4.72 Å². The molecule has 2 spiro atoms. The number of Topliss-reactive ketones (excluding diaryl/α,β-unsaturated/α-hetero) is 2. The Bertz CT molecular complexity index is 1770. The van der Waals surface area contributed by atoms with Crippen molar-refractivity contribution in [2.24, 2.45) is 44.8 Å². The van der Waals surface area contributed by atoms with Gasteiger partial charge in [0.2, 0.25) is 17.7 Å². The fraction of sp³-hybridized carbons (Fsp3) is 0.844. The number of fused-ring (bicyclic) bond motifs is 1. The topological polar surface area (TPSA) is 153 Å². The Balaban J connectivity index is 1.15. The molecule has 324 valence electrons. The highest BCUT2D eigenvalue weighted by Gasteiger charge is 2.85. The summed E-state index contributed by atoms with van der Waals surface area (Å²) in [6.07, 6.45) is 14.5. The molecule has 3 aliphatic heterocycles. The number of carbonyl (C=O) groups excluding carboxylic acids is 5. The molecular formula is C45H71N5O7S. The summed E-state index contributed by atoms with van der Waals surface area (Å²) >= 11 is 0. The summed E-state index contributed by atoms with van der Waals surface area (Å²) < 4.78 is 30.0. The van der Waals surface area contributed by atoms with Crippen molar-refractivity contribution in [3.8, 4) is 0 Å². The number of allylic oxidation sites excluding steroid dienone is 1. The van der Waals surface area contributed by atoms with Gasteiger partial charge in [-0.3, -0.25) is 28.9 Å². The van der Waals surface area contributed by atoms with Crippen LogP contribution in [-0.4, -0.2) is 103 Å². The van der Waals surface area contributed by atoms with E-state index in [1.807, 2.05) is 27.8 Å². The molecule has 2 N–H and O–H groups in total. The van der Waals surface area contributed by atoms with E-state index in [2.05, 4.69) is 35.4 Å². The first-order chi connectivity index (χ1) is 27.2. The van der Waals surface area contributed by atoms with Crippen molar-refractivity contribution in [2.45, 2.75) is 162 Å². The highest BCUT2D eigenvalue weighted by molar-refractivity contribution is 7.87. The number of nitrogens with zero attached hydrogens (tertiary/aromatic N) is 3. The van der Waals surface area contributed by atoms with Crippen molar-refractivity contribution in [1.82, 2.24) is 24.1 Å². The maximum atomic E-state index is 15.3. The van der Waals surface area contributed by atoms with Crippen LogP contribution in [0.5, 0.6) is 0 Å². The monoisotopic (exact) mass is 826 g/mol. The quantitative estimate of drug-likeness (QED) is 0.216. The zero-order chi connectivity index (χ0) is 42.1. The fourth-order valence-electron chi connectivity index (χ4n) is 12.8. The zero-order valence-electron chi connectivity index (χ0n) is 36.2. The van der Waals surface area contributed by atoms with Crippen LogP contribution in [0.4, 0.5) is 0 Å². The molecular weight excluding hydrogens is 755 g/mol. The second-order valence-corrected chi connectivity index (χ2v) is 22.9. The maximum Gasteiger partial charge on any atom is 0.303 e. The number of likely N-dealkylation sites (tertiary alicyclic amines) is 2. The van der Waals surface area contributed by atoms with Crippen LogP contribution < -0.4 is 10.0 Å². The molecule has 7 aliphatic rings. The number of hydrogen-bond acceptors (Lipinski definition) is 8. The second-order valence-electron chi connectivity index (χ2n) is 21.2. The lowest BCUT2D eigenvalue weighted by atomic mass is 9.73. The van der Waals surface area contributed by atoms with Crippen molar-refractivity contribution in [1.29, 1.82) is 0 Å². The third-order valence-electron chi connectivity index (χ3n) is 17.0. The van der Waals surface area contributed by atoms with Crippen LogP contribution in [0.1, 0.15) is 144 Å². The minimum absolute atomic E-state index is 0.0119. The summed E-state index contributed by atoms with van der Waals surface area (Å²) in [5, 5.41) is 3.22. The number of rotatable bonds is 14. The van der Waals surface area contributed by atoms with E-state index < -0.39 is 44.9 Å². The van der Waals surface area contributed by atoms with Gasteiger partial charge in [-0.15, -0.1) is 6.58 Å². The molecule has 4 aliphatic carbocycles. The van der Waals surface area contributed by atoms with Gasteiger partial charge in [0.05, 0.1) is 23.5 Å². The average molecular weight is 826 g/mol. The smallest absolute Gasteiger partial charge is 0.303 e. The van der Waals surface area contributed by atoms with Gasteiger partial charge >= 0.3 is 10.2 Å². The molecule has 7 fully saturated rings. The Hall–Kier alpha value is -2.64. The summed E-state index contributed by atoms with van der Waals surface area (Å²) in [7, 11) is -2.09. The first-order valence-electron chi connectivity index (χ1n) is 22.6. The van der Waals surface area contributed by atoms with Crippen LogP contribution >= 0.6 is 0 Å². The first-order valence-corrected chi connectivity index (χ1v) is 24.0. The molecule has 0 bridgehead atoms. The van der Waals surface area contributed by atoms with Gasteiger partial charge in [-0.1, -0.05) is 72.8 Å². The fourth-order valence-corrected chi connectivity index (χ4v) is 14.1. The maximum absolute atomic E-state index is 15.3. The van der Waals surface area contributed by atoms with Crippen LogP contribution in [0.25, 0.3) is 0 Å². The highest BCUT2D eigenvalue weighted by atomic mass is 32.2. The SMILES string of the molecule is C=C[C@@H]1C[C@]1(CC(=O)[C@@H]1C[C@@]2(CN1C(=O)[C@@H](CC(=O)[C@@H](NC(=O)[C@H]1CCCCN1C)C1CCCCC1)C(C)(C)C)C(C)(C)C21CCC1)C(=O)NS(=O)(=O)N1CCCC1. The molecule has 3 amide bonds. The normalized spacial score (nSPS) is 33.3. The van der Waals surface area contributed by atoms with E-state index in [1.54, 1.807) is 11.0 Å². The Morgan fingerprint density at radius 1 is 0.845 bits per heavy atom. The molecule has 3 heterocycles. The minimum atomic E-state index is -4.06. The van der Waals surface area contributed by atoms with Crippen LogP contribution in [0.2, 0.25) is 0 Å². The van der Waals surface area contributed by atoms with E-state index in [-0.39, 0.29) is 70.3 Å². The molecule has 12 nitrogen and oxygen atoms in total. The van der Waals surface area contributed by atoms with E-state index in [9.17, 15) is 27.6 Å². The molecule has 0 radical (unpaired) electrons. The minimum Gasteiger partial charge on any atom is -0.345 e. The summed E-state index contributed by atoms with van der Waals surface area (Å²) in [6.45, 7) is 16.3. The third-order valence-corrected chi connectivity index (χ3v) is 18.5. The number of likely N-dealkylation sites (N-methyl/N-ethyl adjacent to an activating group) is 1. The molecule has 0 aromatic carbocycles. The molecule has 4 saturated carbocycles. The van der Waals surface area contributed by atoms with Gasteiger partial charge in [0, 0.05) is 43.8 Å². The van der Waals surface area contributed by atoms with Crippen LogP contribution in [-0.2, 0) is 34.2 Å². The summed E-state index contributed by atoms with van der Waals surface area (Å²) in [5.74, 6) is -2.45. The number of hydrogen-bond donors (Lipinski definition) is 2. The van der Waals surface area contributed by atoms with Crippen molar-refractivity contribution in [3.05, 3.63) is 12.7 Å². The predicted molar refractivity (Wildman–Crippen MR) is 222 cm³/mol. The van der Waals surface area contributed by atoms with Gasteiger partial charge < -0.3 is 10.2 Å². The molecule has 7 atom stereocenters. The average Bonchev–Trinajstić information content (AvgIpc) is 3.61. The Morgan fingerprint density at radius 3 is 2.03 bits per heavy atom. The lowest BCUT2D eigenvalue weighted by Gasteiger charge is -2.38. The van der Waals surface area contributed by atoms with E-state index >= 15 is 4.79 Å². The molecule has 3 saturated heterocycles. The lowest BCUT2D eigenvalue weighted by molar-refractivity contribution is -0.147. The number of ketones is 2. The Labute approximate surface area is 347 Å². The predicted octanol–water partition coefficient (Wildman–Crippen LogP) is 5.56. The van der Waals surface area contributed by atoms with E-state index in [0.29, 0.717) is 32.5 Å². The van der Waals surface area contributed by atoms with Crippen LogP contribution in [0.3, 0.4) is 0 Å². The summed E-state index contributed by atoms with van der Waals surface area (Å²) in [6, 6.07) is -1.75. The van der Waals surface area contributed by atoms with E-state index in [1.165, 1.54) is 4.31 Å². The van der Waals surface area contributed by atoms with E-state index in [0.717, 1.165) is 90.0 Å². The zero-order valence-corrected chi connectivity index (χ0v) is 37.0. The number of carbonyl (C=O) groups is 5. The van der Waals surface area contributed by atoms with Gasteiger partial charge in [0.15, 0.2) is 11.6 Å². The van der Waals surface area contributed by atoms with Gasteiger partial charge in [0.25, 0.3) is 0 Å². The molecule has 0 aromatic heterocycles. The van der Waals surface area contributed by atoms with Crippen molar-refractivity contribution in [3.63, 3.8) is 0 Å². The van der Waals surface area contributed by atoms with Crippen molar-refractivity contribution >= 4 is 39.5 Å². The molecule has 0 unspecified atom stereocenters. The molecule has 0 aromatic rings. The number of nitrogens with one attached hydrogen (secondary N) is 2. The lowest BCUT2D eigenvalue weighted by Crippen LogP contribution is -2.55. The molecule has 13 heteroatoms. The largest absolute Gasteiger partial charge is 0.345 e. The highest BCUT2D eigenvalue weighted by Crippen LogP contribution is 2.88. The van der Waals surface area contributed by atoms with Gasteiger partial charge in [-0.05, 0) is 106 Å². The summed E-state index contributed by atoms with van der Waals surface area (Å²) in [5.41, 5.74) is -2.21. The number of amides is 3. The molecule has 7 rings (SSSR count). The number of piperidine rings is 1. The van der Waals surface area contributed by atoms with E-state index in [4.69, 9.17) is 0 Å². The van der Waals surface area contributed by atoms with Crippen LogP contribution in [0.15, 0.2) is 12.7 Å². The first kappa shape index (κ1) is 43.4. The summed E-state index contributed by atoms with van der Waals surface area (Å²) in [4.78, 5) is 76.5.